The fraction of sp³-hybridized carbons (Fsp3) is 0.478. The van der Waals surface area contributed by atoms with Crippen molar-refractivity contribution in [1.82, 2.24) is 5.32 Å². The summed E-state index contributed by atoms with van der Waals surface area (Å²) < 4.78 is 44.0. The third kappa shape index (κ3) is 5.44. The largest absolute Gasteiger partial charge is 0.493 e. The summed E-state index contributed by atoms with van der Waals surface area (Å²) in [4.78, 5) is 2.32. The molecule has 1 aliphatic rings. The minimum atomic E-state index is -4.33. The van der Waals surface area contributed by atoms with Gasteiger partial charge >= 0.3 is 6.18 Å². The first-order chi connectivity index (χ1) is 13.9. The van der Waals surface area contributed by atoms with Gasteiger partial charge in [0.05, 0.1) is 12.2 Å². The molecule has 3 rings (SSSR count). The van der Waals surface area contributed by atoms with Crippen LogP contribution in [-0.4, -0.2) is 32.8 Å². The number of halogens is 3. The number of anilines is 1. The molecular formula is C23H29F3N2O. The first-order valence-electron chi connectivity index (χ1n) is 10.3. The number of nitrogens with zero attached hydrogens (tertiary/aromatic N) is 1. The molecule has 0 aliphatic carbocycles. The van der Waals surface area contributed by atoms with E-state index in [4.69, 9.17) is 4.74 Å². The number of nitrogens with one attached hydrogen (secondary N) is 1. The van der Waals surface area contributed by atoms with Crippen molar-refractivity contribution >= 4 is 5.69 Å². The Balaban J connectivity index is 1.65. The smallest absolute Gasteiger partial charge is 0.416 e. The second-order valence-corrected chi connectivity index (χ2v) is 7.46. The molecule has 1 N–H and O–H groups in total. The van der Waals surface area contributed by atoms with E-state index in [-0.39, 0.29) is 5.92 Å². The van der Waals surface area contributed by atoms with Crippen LogP contribution in [0.1, 0.15) is 37.3 Å². The van der Waals surface area contributed by atoms with Gasteiger partial charge in [-0.05, 0) is 74.7 Å². The van der Waals surface area contributed by atoms with E-state index in [1.165, 1.54) is 23.4 Å². The van der Waals surface area contributed by atoms with Crippen LogP contribution in [0.3, 0.4) is 0 Å². The quantitative estimate of drug-likeness (QED) is 0.673. The minimum absolute atomic E-state index is 0.269. The van der Waals surface area contributed by atoms with E-state index in [0.717, 1.165) is 44.7 Å². The van der Waals surface area contributed by atoms with E-state index < -0.39 is 11.7 Å². The van der Waals surface area contributed by atoms with Crippen molar-refractivity contribution < 1.29 is 17.9 Å². The average molecular weight is 406 g/mol. The van der Waals surface area contributed by atoms with Gasteiger partial charge in [-0.1, -0.05) is 12.1 Å². The number of alkyl halides is 3. The highest BCUT2D eigenvalue weighted by Gasteiger charge is 2.30. The maximum atomic E-state index is 12.7. The van der Waals surface area contributed by atoms with Crippen LogP contribution in [0.15, 0.2) is 48.5 Å². The van der Waals surface area contributed by atoms with Crippen LogP contribution in [0.4, 0.5) is 18.9 Å². The number of benzene rings is 2. The first kappa shape index (κ1) is 21.5. The van der Waals surface area contributed by atoms with E-state index in [0.29, 0.717) is 18.3 Å². The van der Waals surface area contributed by atoms with Crippen molar-refractivity contribution in [2.24, 2.45) is 5.92 Å². The van der Waals surface area contributed by atoms with Crippen LogP contribution >= 0.6 is 0 Å². The second-order valence-electron chi connectivity index (χ2n) is 7.46. The van der Waals surface area contributed by atoms with Crippen molar-refractivity contribution in [3.63, 3.8) is 0 Å². The Kier molecular flexibility index (Phi) is 7.06. The van der Waals surface area contributed by atoms with E-state index in [1.54, 1.807) is 0 Å². The summed E-state index contributed by atoms with van der Waals surface area (Å²) in [5.41, 5.74) is 1.86. The van der Waals surface area contributed by atoms with Gasteiger partial charge in [0.25, 0.3) is 0 Å². The SMILES string of the molecule is CCN(CC)c1ccc([C@@H]2CCNC[C@H]2COc2ccc(C(F)(F)F)cc2)cc1. The standard InChI is InChI=1S/C23H29F3N2O/c1-3-28(4-2)20-9-5-17(6-10-20)22-13-14-27-15-18(22)16-29-21-11-7-19(8-12-21)23(24,25)26/h5-12,18,22,27H,3-4,13-16H2,1-2H3/t18-,22-/m0/s1. The van der Waals surface area contributed by atoms with E-state index >= 15 is 0 Å². The fourth-order valence-corrected chi connectivity index (χ4v) is 4.00. The van der Waals surface area contributed by atoms with Crippen molar-refractivity contribution in [2.45, 2.75) is 32.4 Å². The third-order valence-corrected chi connectivity index (χ3v) is 5.70. The molecule has 1 aliphatic heterocycles. The van der Waals surface area contributed by atoms with Crippen molar-refractivity contribution in [3.05, 3.63) is 59.7 Å². The highest BCUT2D eigenvalue weighted by Crippen LogP contribution is 2.33. The van der Waals surface area contributed by atoms with E-state index in [2.05, 4.69) is 48.3 Å². The Morgan fingerprint density at radius 2 is 1.66 bits per heavy atom. The summed E-state index contributed by atoms with van der Waals surface area (Å²) >= 11 is 0. The summed E-state index contributed by atoms with van der Waals surface area (Å²) in [6.45, 7) is 8.53. The van der Waals surface area contributed by atoms with Crippen LogP contribution in [0.25, 0.3) is 0 Å². The predicted molar refractivity (Wildman–Crippen MR) is 111 cm³/mol. The van der Waals surface area contributed by atoms with E-state index in [9.17, 15) is 13.2 Å². The molecule has 0 unspecified atom stereocenters. The maximum Gasteiger partial charge on any atom is 0.416 e. The Labute approximate surface area is 170 Å². The molecular weight excluding hydrogens is 377 g/mol. The van der Waals surface area contributed by atoms with Gasteiger partial charge in [-0.3, -0.25) is 0 Å². The van der Waals surface area contributed by atoms with Gasteiger partial charge in [0.1, 0.15) is 5.75 Å². The zero-order chi connectivity index (χ0) is 20.9. The highest BCUT2D eigenvalue weighted by atomic mass is 19.4. The minimum Gasteiger partial charge on any atom is -0.493 e. The fourth-order valence-electron chi connectivity index (χ4n) is 4.00. The van der Waals surface area contributed by atoms with Crippen LogP contribution in [-0.2, 0) is 6.18 Å². The van der Waals surface area contributed by atoms with Crippen molar-refractivity contribution in [3.8, 4) is 5.75 Å². The van der Waals surface area contributed by atoms with Crippen LogP contribution in [0.2, 0.25) is 0 Å². The van der Waals surface area contributed by atoms with Gasteiger partial charge in [0.15, 0.2) is 0 Å². The molecule has 1 saturated heterocycles. The molecule has 29 heavy (non-hydrogen) atoms. The molecule has 0 amide bonds. The van der Waals surface area contributed by atoms with Gasteiger partial charge in [-0.25, -0.2) is 0 Å². The van der Waals surface area contributed by atoms with Crippen molar-refractivity contribution in [1.29, 1.82) is 0 Å². The Bertz CT molecular complexity index is 755. The monoisotopic (exact) mass is 406 g/mol. The van der Waals surface area contributed by atoms with E-state index in [1.807, 2.05) is 0 Å². The normalized spacial score (nSPS) is 19.8. The maximum absolute atomic E-state index is 12.7. The van der Waals surface area contributed by atoms with Crippen LogP contribution in [0.5, 0.6) is 5.75 Å². The summed E-state index contributed by atoms with van der Waals surface area (Å²) in [7, 11) is 0. The topological polar surface area (TPSA) is 24.5 Å². The lowest BCUT2D eigenvalue weighted by Gasteiger charge is -2.33. The number of hydrogen-bond acceptors (Lipinski definition) is 3. The molecule has 0 bridgehead atoms. The molecule has 2 atom stereocenters. The van der Waals surface area contributed by atoms with Gasteiger partial charge in [0, 0.05) is 31.2 Å². The van der Waals surface area contributed by atoms with Gasteiger partial charge < -0.3 is 15.0 Å². The third-order valence-electron chi connectivity index (χ3n) is 5.70. The molecule has 0 radical (unpaired) electrons. The predicted octanol–water partition coefficient (Wildman–Crippen LogP) is 5.32. The number of hydrogen-bond donors (Lipinski definition) is 1. The van der Waals surface area contributed by atoms with Gasteiger partial charge in [0.2, 0.25) is 0 Å². The number of piperidine rings is 1. The lowest BCUT2D eigenvalue weighted by molar-refractivity contribution is -0.137. The Morgan fingerprint density at radius 3 is 2.24 bits per heavy atom. The Hall–Kier alpha value is -2.21. The molecule has 2 aromatic rings. The molecule has 1 heterocycles. The molecule has 3 nitrogen and oxygen atoms in total. The first-order valence-corrected chi connectivity index (χ1v) is 10.3. The summed E-state index contributed by atoms with van der Waals surface area (Å²) in [5, 5.41) is 3.41. The summed E-state index contributed by atoms with van der Waals surface area (Å²) in [6.07, 6.45) is -3.31. The summed E-state index contributed by atoms with van der Waals surface area (Å²) in [6, 6.07) is 13.7. The molecule has 0 aromatic heterocycles. The average Bonchev–Trinajstić information content (AvgIpc) is 2.73. The zero-order valence-corrected chi connectivity index (χ0v) is 17.0. The number of rotatable bonds is 7. The molecule has 2 aromatic carbocycles. The van der Waals surface area contributed by atoms with Crippen molar-refractivity contribution in [2.75, 3.05) is 37.7 Å². The Morgan fingerprint density at radius 1 is 1.00 bits per heavy atom. The van der Waals surface area contributed by atoms with Gasteiger partial charge in [-0.15, -0.1) is 0 Å². The second kappa shape index (κ2) is 9.53. The molecule has 6 heteroatoms. The lowest BCUT2D eigenvalue weighted by Crippen LogP contribution is -2.38. The zero-order valence-electron chi connectivity index (χ0n) is 17.0. The molecule has 158 valence electrons. The molecule has 0 saturated carbocycles. The van der Waals surface area contributed by atoms with Gasteiger partial charge in [-0.2, -0.15) is 13.2 Å². The highest BCUT2D eigenvalue weighted by molar-refractivity contribution is 5.48. The summed E-state index contributed by atoms with van der Waals surface area (Å²) in [5.74, 6) is 1.11. The molecule has 1 fully saturated rings. The number of ether oxygens (including phenoxy) is 1. The van der Waals surface area contributed by atoms with Crippen LogP contribution in [0, 0.1) is 5.92 Å². The molecule has 0 spiro atoms. The van der Waals surface area contributed by atoms with Crippen LogP contribution < -0.4 is 15.0 Å². The lowest BCUT2D eigenvalue weighted by atomic mass is 9.81.